The summed E-state index contributed by atoms with van der Waals surface area (Å²) in [6.45, 7) is 1.13. The van der Waals surface area contributed by atoms with Crippen molar-refractivity contribution < 1.29 is 18.5 Å². The summed E-state index contributed by atoms with van der Waals surface area (Å²) in [4.78, 5) is 27.3. The van der Waals surface area contributed by atoms with Gasteiger partial charge in [0.1, 0.15) is 5.75 Å². The first-order valence-electron chi connectivity index (χ1n) is 9.34. The highest BCUT2D eigenvalue weighted by Gasteiger charge is 2.28. The Morgan fingerprint density at radius 1 is 1.07 bits per heavy atom. The third-order valence-corrected chi connectivity index (χ3v) is 5.81. The topological polar surface area (TPSA) is 63.7 Å². The van der Waals surface area contributed by atoms with Crippen molar-refractivity contribution in [1.29, 1.82) is 0 Å². The van der Waals surface area contributed by atoms with E-state index in [0.717, 1.165) is 11.3 Å². The van der Waals surface area contributed by atoms with Crippen molar-refractivity contribution >= 4 is 22.5 Å². The molecule has 0 N–H and O–H groups in total. The third kappa shape index (κ3) is 4.87. The van der Waals surface area contributed by atoms with Gasteiger partial charge in [-0.25, -0.2) is 0 Å². The summed E-state index contributed by atoms with van der Waals surface area (Å²) in [6, 6.07) is 14.5. The molecular weight excluding hydrogens is 374 g/mol. The SMILES string of the molecule is COc1ccc(C(=O)C2CCN(C(=O)c3cccc(CS(C)=O)c3)CC2)cc1. The number of hydrogen-bond donors (Lipinski definition) is 0. The first-order chi connectivity index (χ1) is 13.5. The summed E-state index contributed by atoms with van der Waals surface area (Å²) in [5, 5.41) is 0. The van der Waals surface area contributed by atoms with Crippen LogP contribution in [-0.2, 0) is 16.6 Å². The highest BCUT2D eigenvalue weighted by atomic mass is 32.2. The average molecular weight is 400 g/mol. The lowest BCUT2D eigenvalue weighted by molar-refractivity contribution is 0.0650. The quantitative estimate of drug-likeness (QED) is 0.699. The van der Waals surface area contributed by atoms with Gasteiger partial charge in [-0.2, -0.15) is 0 Å². The lowest BCUT2D eigenvalue weighted by Crippen LogP contribution is -2.40. The summed E-state index contributed by atoms with van der Waals surface area (Å²) >= 11 is 0. The minimum atomic E-state index is -0.944. The standard InChI is InChI=1S/C22H25NO4S/c1-27-20-8-6-17(7-9-20)21(24)18-10-12-23(13-11-18)22(25)19-5-3-4-16(14-19)15-28(2)26/h3-9,14,18H,10-13,15H2,1-2H3. The zero-order valence-corrected chi connectivity index (χ0v) is 17.0. The Labute approximate surface area is 168 Å². The van der Waals surface area contributed by atoms with Crippen LogP contribution in [0.25, 0.3) is 0 Å². The maximum atomic E-state index is 12.8. The van der Waals surface area contributed by atoms with E-state index >= 15 is 0 Å². The van der Waals surface area contributed by atoms with Crippen molar-refractivity contribution in [3.63, 3.8) is 0 Å². The number of ketones is 1. The average Bonchev–Trinajstić information content (AvgIpc) is 2.72. The van der Waals surface area contributed by atoms with Gasteiger partial charge < -0.3 is 9.64 Å². The molecule has 1 fully saturated rings. The number of rotatable bonds is 6. The predicted molar refractivity (Wildman–Crippen MR) is 110 cm³/mol. The van der Waals surface area contributed by atoms with E-state index < -0.39 is 10.8 Å². The van der Waals surface area contributed by atoms with Crippen LogP contribution >= 0.6 is 0 Å². The zero-order chi connectivity index (χ0) is 20.1. The Kier molecular flexibility index (Phi) is 6.62. The molecule has 3 rings (SSSR count). The summed E-state index contributed by atoms with van der Waals surface area (Å²) in [6.07, 6.45) is 2.98. The number of piperidine rings is 1. The minimum Gasteiger partial charge on any atom is -0.497 e. The van der Waals surface area contributed by atoms with Gasteiger partial charge in [0.25, 0.3) is 5.91 Å². The number of likely N-dealkylation sites (tertiary alicyclic amines) is 1. The largest absolute Gasteiger partial charge is 0.497 e. The van der Waals surface area contributed by atoms with E-state index in [1.165, 1.54) is 0 Å². The number of amides is 1. The fourth-order valence-electron chi connectivity index (χ4n) is 3.55. The molecule has 0 saturated carbocycles. The fraction of sp³-hybridized carbons (Fsp3) is 0.364. The number of ether oxygens (including phenoxy) is 1. The Balaban J connectivity index is 1.60. The number of benzene rings is 2. The van der Waals surface area contributed by atoms with Gasteiger partial charge >= 0.3 is 0 Å². The number of hydrogen-bond acceptors (Lipinski definition) is 4. The Morgan fingerprint density at radius 3 is 2.36 bits per heavy atom. The third-order valence-electron chi connectivity index (χ3n) is 5.07. The Bertz CT molecular complexity index is 870. The molecule has 6 heteroatoms. The molecule has 1 atom stereocenters. The zero-order valence-electron chi connectivity index (χ0n) is 16.2. The maximum absolute atomic E-state index is 12.8. The van der Waals surface area contributed by atoms with Crippen LogP contribution in [0.5, 0.6) is 5.75 Å². The van der Waals surface area contributed by atoms with Crippen LogP contribution in [-0.4, -0.2) is 47.3 Å². The second kappa shape index (κ2) is 9.15. The summed E-state index contributed by atoms with van der Waals surface area (Å²) in [5.74, 6) is 1.21. The van der Waals surface area contributed by atoms with E-state index in [2.05, 4.69) is 0 Å². The lowest BCUT2D eigenvalue weighted by atomic mass is 9.88. The van der Waals surface area contributed by atoms with Crippen molar-refractivity contribution in [2.75, 3.05) is 26.5 Å². The fourth-order valence-corrected chi connectivity index (χ4v) is 4.20. The van der Waals surface area contributed by atoms with Crippen LogP contribution in [0, 0.1) is 5.92 Å². The first kappa shape index (κ1) is 20.3. The van der Waals surface area contributed by atoms with E-state index in [1.807, 2.05) is 18.2 Å². The number of nitrogens with zero attached hydrogens (tertiary/aromatic N) is 1. The van der Waals surface area contributed by atoms with Crippen molar-refractivity contribution in [2.45, 2.75) is 18.6 Å². The minimum absolute atomic E-state index is 0.0286. The molecule has 28 heavy (non-hydrogen) atoms. The van der Waals surface area contributed by atoms with Crippen LogP contribution in [0.15, 0.2) is 48.5 Å². The van der Waals surface area contributed by atoms with Gasteiger partial charge in [0.15, 0.2) is 5.78 Å². The Hall–Kier alpha value is -2.47. The van der Waals surface area contributed by atoms with Gasteiger partial charge in [-0.15, -0.1) is 0 Å². The maximum Gasteiger partial charge on any atom is 0.253 e. The molecule has 1 heterocycles. The highest BCUT2D eigenvalue weighted by Crippen LogP contribution is 2.24. The Morgan fingerprint density at radius 2 is 1.75 bits per heavy atom. The summed E-state index contributed by atoms with van der Waals surface area (Å²) in [7, 11) is 0.655. The monoisotopic (exact) mass is 399 g/mol. The van der Waals surface area contributed by atoms with E-state index in [9.17, 15) is 13.8 Å². The van der Waals surface area contributed by atoms with Gasteiger partial charge in [0.05, 0.1) is 7.11 Å². The van der Waals surface area contributed by atoms with Crippen molar-refractivity contribution in [3.8, 4) is 5.75 Å². The molecule has 0 aliphatic carbocycles. The molecule has 1 aliphatic rings. The molecule has 5 nitrogen and oxygen atoms in total. The first-order valence-corrected chi connectivity index (χ1v) is 11.1. The molecule has 148 valence electrons. The smallest absolute Gasteiger partial charge is 0.253 e. The van der Waals surface area contributed by atoms with Crippen LogP contribution in [0.4, 0.5) is 0 Å². The van der Waals surface area contributed by atoms with Crippen molar-refractivity contribution in [2.24, 2.45) is 5.92 Å². The second-order valence-corrected chi connectivity index (χ2v) is 8.51. The van der Waals surface area contributed by atoms with E-state index in [4.69, 9.17) is 4.74 Å². The van der Waals surface area contributed by atoms with E-state index in [-0.39, 0.29) is 17.6 Å². The summed E-state index contributed by atoms with van der Waals surface area (Å²) < 4.78 is 16.6. The molecule has 1 aliphatic heterocycles. The van der Waals surface area contributed by atoms with Crippen LogP contribution in [0.3, 0.4) is 0 Å². The number of carbonyl (C=O) groups excluding carboxylic acids is 2. The molecule has 2 aromatic rings. The number of carbonyl (C=O) groups is 2. The predicted octanol–water partition coefficient (Wildman–Crippen LogP) is 3.31. The molecule has 0 aromatic heterocycles. The van der Waals surface area contributed by atoms with E-state index in [1.54, 1.807) is 48.6 Å². The van der Waals surface area contributed by atoms with Gasteiger partial charge in [-0.3, -0.25) is 13.8 Å². The van der Waals surface area contributed by atoms with Gasteiger partial charge in [-0.05, 0) is 54.8 Å². The molecule has 0 bridgehead atoms. The summed E-state index contributed by atoms with van der Waals surface area (Å²) in [5.41, 5.74) is 2.20. The highest BCUT2D eigenvalue weighted by molar-refractivity contribution is 7.83. The second-order valence-electron chi connectivity index (χ2n) is 7.08. The van der Waals surface area contributed by atoms with Crippen molar-refractivity contribution in [3.05, 3.63) is 65.2 Å². The lowest BCUT2D eigenvalue weighted by Gasteiger charge is -2.31. The molecule has 1 saturated heterocycles. The molecule has 0 radical (unpaired) electrons. The molecule has 0 spiro atoms. The molecule has 1 unspecified atom stereocenters. The van der Waals surface area contributed by atoms with Gasteiger partial charge in [0.2, 0.25) is 0 Å². The van der Waals surface area contributed by atoms with Crippen molar-refractivity contribution in [1.82, 2.24) is 4.90 Å². The molecule has 2 aromatic carbocycles. The van der Waals surface area contributed by atoms with Crippen LogP contribution < -0.4 is 4.74 Å². The van der Waals surface area contributed by atoms with E-state index in [0.29, 0.717) is 42.8 Å². The molecular formula is C22H25NO4S. The number of Topliss-reactive ketones (excluding diaryl/α,β-unsaturated/α-hetero) is 1. The molecule has 1 amide bonds. The number of methoxy groups -OCH3 is 1. The van der Waals surface area contributed by atoms with Gasteiger partial charge in [-0.1, -0.05) is 12.1 Å². The normalized spacial score (nSPS) is 15.9. The van der Waals surface area contributed by atoms with Crippen LogP contribution in [0.2, 0.25) is 0 Å². The van der Waals surface area contributed by atoms with Gasteiger partial charge in [0, 0.05) is 52.9 Å². The van der Waals surface area contributed by atoms with Crippen LogP contribution in [0.1, 0.15) is 39.1 Å².